The molecule has 0 aliphatic rings. The predicted octanol–water partition coefficient (Wildman–Crippen LogP) is -0.219. The van der Waals surface area contributed by atoms with Gasteiger partial charge in [0.2, 0.25) is 0 Å². The van der Waals surface area contributed by atoms with E-state index in [2.05, 4.69) is 5.10 Å². The number of nitrogens with zero attached hydrogens (tertiary/aromatic N) is 2. The van der Waals surface area contributed by atoms with Crippen molar-refractivity contribution in [3.63, 3.8) is 0 Å². The first-order chi connectivity index (χ1) is 8.66. The number of ether oxygens (including phenoxy) is 1. The molecule has 0 fully saturated rings. The molecule has 0 atom stereocenters. The number of hydrogen-bond acceptors (Lipinski definition) is 4. The minimum absolute atomic E-state index is 0.122. The summed E-state index contributed by atoms with van der Waals surface area (Å²) in [6, 6.07) is 5.33. The predicted molar refractivity (Wildman–Crippen MR) is 63.9 cm³/mol. The van der Waals surface area contributed by atoms with Crippen LogP contribution in [0.25, 0.3) is 0 Å². The van der Waals surface area contributed by atoms with Crippen molar-refractivity contribution in [2.45, 2.75) is 6.54 Å². The molecule has 7 heteroatoms. The smallest absolute Gasteiger partial charge is 0.492 e. The lowest BCUT2D eigenvalue weighted by Crippen LogP contribution is -2.32. The minimum atomic E-state index is -1.69. The van der Waals surface area contributed by atoms with E-state index in [9.17, 15) is 4.39 Å². The molecule has 2 aromatic rings. The summed E-state index contributed by atoms with van der Waals surface area (Å²) in [5.41, 5.74) is 0.136. The van der Waals surface area contributed by atoms with Crippen LogP contribution in [0, 0.1) is 5.82 Å². The second-order valence-electron chi connectivity index (χ2n) is 3.67. The molecule has 0 saturated carbocycles. The third-order valence-corrected chi connectivity index (χ3v) is 2.39. The van der Waals surface area contributed by atoms with Gasteiger partial charge in [0.1, 0.15) is 18.2 Å². The molecule has 0 unspecified atom stereocenters. The molecular weight excluding hydrogens is 238 g/mol. The lowest BCUT2D eigenvalue weighted by atomic mass is 9.79. The molecule has 0 radical (unpaired) electrons. The quantitative estimate of drug-likeness (QED) is 0.720. The van der Waals surface area contributed by atoms with Gasteiger partial charge in [-0.1, -0.05) is 6.07 Å². The Morgan fingerprint density at radius 1 is 1.39 bits per heavy atom. The highest BCUT2D eigenvalue weighted by atomic mass is 19.1. The average Bonchev–Trinajstić information content (AvgIpc) is 2.82. The second-order valence-corrected chi connectivity index (χ2v) is 3.67. The third kappa shape index (κ3) is 3.09. The van der Waals surface area contributed by atoms with Crippen molar-refractivity contribution in [1.29, 1.82) is 0 Å². The molecule has 1 aromatic carbocycles. The van der Waals surface area contributed by atoms with Gasteiger partial charge in [-0.3, -0.25) is 4.68 Å². The topological polar surface area (TPSA) is 67.5 Å². The van der Waals surface area contributed by atoms with Crippen LogP contribution in [0.2, 0.25) is 0 Å². The van der Waals surface area contributed by atoms with E-state index in [1.165, 1.54) is 6.07 Å². The van der Waals surface area contributed by atoms with Crippen LogP contribution in [-0.4, -0.2) is 33.6 Å². The van der Waals surface area contributed by atoms with Crippen molar-refractivity contribution in [2.24, 2.45) is 0 Å². The van der Waals surface area contributed by atoms with Crippen molar-refractivity contribution in [3.05, 3.63) is 42.5 Å². The van der Waals surface area contributed by atoms with Crippen molar-refractivity contribution in [3.8, 4) is 5.75 Å². The van der Waals surface area contributed by atoms with Gasteiger partial charge in [0.25, 0.3) is 0 Å². The fourth-order valence-corrected chi connectivity index (χ4v) is 1.53. The minimum Gasteiger partial charge on any atom is -0.492 e. The SMILES string of the molecule is OB(O)c1ccc(F)cc1OCCn1cccn1. The first-order valence-corrected chi connectivity index (χ1v) is 5.42. The summed E-state index contributed by atoms with van der Waals surface area (Å²) >= 11 is 0. The molecule has 0 aliphatic heterocycles. The van der Waals surface area contributed by atoms with Gasteiger partial charge >= 0.3 is 7.12 Å². The van der Waals surface area contributed by atoms with Gasteiger partial charge in [-0.05, 0) is 12.1 Å². The first kappa shape index (κ1) is 12.6. The zero-order valence-corrected chi connectivity index (χ0v) is 9.53. The molecule has 1 aromatic heterocycles. The number of halogens is 1. The summed E-state index contributed by atoms with van der Waals surface area (Å²) < 4.78 is 20.0. The van der Waals surface area contributed by atoms with Gasteiger partial charge in [0, 0.05) is 23.9 Å². The molecule has 94 valence electrons. The highest BCUT2D eigenvalue weighted by Gasteiger charge is 2.17. The van der Waals surface area contributed by atoms with Gasteiger partial charge in [0.05, 0.1) is 6.54 Å². The Hall–Kier alpha value is -1.86. The van der Waals surface area contributed by atoms with Crippen molar-refractivity contribution in [2.75, 3.05) is 6.61 Å². The maximum atomic E-state index is 13.1. The van der Waals surface area contributed by atoms with Gasteiger partial charge in [-0.25, -0.2) is 4.39 Å². The van der Waals surface area contributed by atoms with Crippen molar-refractivity contribution in [1.82, 2.24) is 9.78 Å². The molecule has 0 spiro atoms. The van der Waals surface area contributed by atoms with E-state index in [1.54, 1.807) is 23.1 Å². The zero-order chi connectivity index (χ0) is 13.0. The second kappa shape index (κ2) is 5.66. The molecule has 0 aliphatic carbocycles. The summed E-state index contributed by atoms with van der Waals surface area (Å²) in [4.78, 5) is 0. The molecule has 18 heavy (non-hydrogen) atoms. The largest absolute Gasteiger partial charge is 0.492 e. The van der Waals surface area contributed by atoms with E-state index in [4.69, 9.17) is 14.8 Å². The van der Waals surface area contributed by atoms with Crippen LogP contribution in [0.3, 0.4) is 0 Å². The number of benzene rings is 1. The molecule has 1 heterocycles. The van der Waals surface area contributed by atoms with Crippen LogP contribution >= 0.6 is 0 Å². The van der Waals surface area contributed by atoms with E-state index >= 15 is 0 Å². The number of hydrogen-bond donors (Lipinski definition) is 2. The Labute approximate surface area is 104 Å². The van der Waals surface area contributed by atoms with Crippen LogP contribution in [0.5, 0.6) is 5.75 Å². The highest BCUT2D eigenvalue weighted by molar-refractivity contribution is 6.59. The normalized spacial score (nSPS) is 10.4. The number of aromatic nitrogens is 2. The molecule has 5 nitrogen and oxygen atoms in total. The van der Waals surface area contributed by atoms with Gasteiger partial charge in [-0.15, -0.1) is 0 Å². The Bertz CT molecular complexity index is 505. The van der Waals surface area contributed by atoms with E-state index < -0.39 is 12.9 Å². The van der Waals surface area contributed by atoms with Crippen LogP contribution in [0.1, 0.15) is 0 Å². The van der Waals surface area contributed by atoms with Gasteiger partial charge in [-0.2, -0.15) is 5.10 Å². The Kier molecular flexibility index (Phi) is 3.96. The molecule has 0 bridgehead atoms. The highest BCUT2D eigenvalue weighted by Crippen LogP contribution is 2.10. The number of rotatable bonds is 5. The van der Waals surface area contributed by atoms with Crippen molar-refractivity contribution >= 4 is 12.6 Å². The fraction of sp³-hybridized carbons (Fsp3) is 0.182. The summed E-state index contributed by atoms with van der Waals surface area (Å²) in [6.45, 7) is 0.745. The fourth-order valence-electron chi connectivity index (χ4n) is 1.53. The van der Waals surface area contributed by atoms with Gasteiger partial charge in [0.15, 0.2) is 0 Å². The monoisotopic (exact) mass is 250 g/mol. The molecule has 2 rings (SSSR count). The first-order valence-electron chi connectivity index (χ1n) is 5.42. The van der Waals surface area contributed by atoms with Crippen LogP contribution in [0.15, 0.2) is 36.7 Å². The van der Waals surface area contributed by atoms with Crippen molar-refractivity contribution < 1.29 is 19.2 Å². The standard InChI is InChI=1S/C11H12BFN2O3/c13-9-2-3-10(12(16)17)11(8-9)18-7-6-15-5-1-4-14-15/h1-5,8,16-17H,6-7H2. The summed E-state index contributed by atoms with van der Waals surface area (Å²) in [5, 5.41) is 22.2. The lowest BCUT2D eigenvalue weighted by molar-refractivity contribution is 0.290. The van der Waals surface area contributed by atoms with Crippen LogP contribution in [0.4, 0.5) is 4.39 Å². The maximum Gasteiger partial charge on any atom is 0.492 e. The average molecular weight is 250 g/mol. The Morgan fingerprint density at radius 3 is 2.89 bits per heavy atom. The summed E-state index contributed by atoms with van der Waals surface area (Å²) in [7, 11) is -1.69. The van der Waals surface area contributed by atoms with Gasteiger partial charge < -0.3 is 14.8 Å². The zero-order valence-electron chi connectivity index (χ0n) is 9.53. The lowest BCUT2D eigenvalue weighted by Gasteiger charge is -2.11. The molecule has 0 saturated heterocycles. The molecule has 0 amide bonds. The van der Waals surface area contributed by atoms with Crippen LogP contribution < -0.4 is 10.2 Å². The van der Waals surface area contributed by atoms with E-state index in [0.29, 0.717) is 6.54 Å². The van der Waals surface area contributed by atoms with Crippen LogP contribution in [-0.2, 0) is 6.54 Å². The maximum absolute atomic E-state index is 13.1. The van der Waals surface area contributed by atoms with E-state index in [-0.39, 0.29) is 17.8 Å². The van der Waals surface area contributed by atoms with E-state index in [0.717, 1.165) is 12.1 Å². The Morgan fingerprint density at radius 2 is 2.22 bits per heavy atom. The van der Waals surface area contributed by atoms with E-state index in [1.807, 2.05) is 0 Å². The molecule has 2 N–H and O–H groups in total. The Balaban J connectivity index is 2.01. The summed E-state index contributed by atoms with van der Waals surface area (Å²) in [5.74, 6) is -0.370. The third-order valence-electron chi connectivity index (χ3n) is 2.39. The summed E-state index contributed by atoms with van der Waals surface area (Å²) in [6.07, 6.45) is 3.42. The molecular formula is C11H12BFN2O3.